The molecule has 1 aromatic rings. The van der Waals surface area contributed by atoms with Crippen molar-refractivity contribution in [2.45, 2.75) is 33.1 Å². The van der Waals surface area contributed by atoms with Crippen LogP contribution in [0.1, 0.15) is 37.8 Å². The van der Waals surface area contributed by atoms with Crippen LogP contribution in [0.15, 0.2) is 18.2 Å². The number of aromatic hydroxyl groups is 1. The van der Waals surface area contributed by atoms with Gasteiger partial charge < -0.3 is 15.9 Å². The van der Waals surface area contributed by atoms with E-state index < -0.39 is 11.9 Å². The fraction of sp³-hybridized carbons (Fsp3) is 0.500. The van der Waals surface area contributed by atoms with Gasteiger partial charge in [0.15, 0.2) is 0 Å². The number of hydrogen-bond acceptors (Lipinski definition) is 3. The second kappa shape index (κ2) is 5.40. The summed E-state index contributed by atoms with van der Waals surface area (Å²) in [5.74, 6) is -1.88. The Morgan fingerprint density at radius 3 is 2.44 bits per heavy atom. The van der Waals surface area contributed by atoms with E-state index in [0.29, 0.717) is 5.56 Å². The summed E-state index contributed by atoms with van der Waals surface area (Å²) in [6, 6.07) is 5.10. The first-order valence-electron chi connectivity index (χ1n) is 5.99. The van der Waals surface area contributed by atoms with Crippen molar-refractivity contribution in [2.24, 2.45) is 11.1 Å². The Hall–Kier alpha value is -1.55. The van der Waals surface area contributed by atoms with Gasteiger partial charge in [0.25, 0.3) is 0 Å². The normalized spacial score (nSPS) is 13.3. The smallest absolute Gasteiger partial charge is 0.312 e. The highest BCUT2D eigenvalue weighted by Gasteiger charge is 2.22. The van der Waals surface area contributed by atoms with Gasteiger partial charge in [-0.1, -0.05) is 32.9 Å². The highest BCUT2D eigenvalue weighted by atomic mass is 16.4. The van der Waals surface area contributed by atoms with E-state index in [1.54, 1.807) is 12.1 Å². The number of hydrogen-bond donors (Lipinski definition) is 3. The molecule has 1 atom stereocenters. The molecule has 0 spiro atoms. The molecule has 0 fully saturated rings. The van der Waals surface area contributed by atoms with Gasteiger partial charge in [0.2, 0.25) is 0 Å². The van der Waals surface area contributed by atoms with E-state index in [9.17, 15) is 9.90 Å². The third-order valence-corrected chi connectivity index (χ3v) is 2.74. The monoisotopic (exact) mass is 251 g/mol. The molecule has 0 aliphatic carbocycles. The van der Waals surface area contributed by atoms with Crippen LogP contribution in [0.25, 0.3) is 0 Å². The molecule has 0 aliphatic rings. The molecule has 0 radical (unpaired) electrons. The van der Waals surface area contributed by atoms with Crippen molar-refractivity contribution < 1.29 is 15.0 Å². The van der Waals surface area contributed by atoms with Crippen molar-refractivity contribution in [1.29, 1.82) is 0 Å². The molecular formula is C14H21NO3. The van der Waals surface area contributed by atoms with Crippen LogP contribution in [0, 0.1) is 5.41 Å². The predicted molar refractivity (Wildman–Crippen MR) is 70.7 cm³/mol. The van der Waals surface area contributed by atoms with Crippen LogP contribution in [0.5, 0.6) is 5.75 Å². The summed E-state index contributed by atoms with van der Waals surface area (Å²) in [6.07, 6.45) is 0.817. The number of phenols is 1. The fourth-order valence-electron chi connectivity index (χ4n) is 1.97. The molecule has 0 heterocycles. The van der Waals surface area contributed by atoms with E-state index in [2.05, 4.69) is 20.8 Å². The molecule has 18 heavy (non-hydrogen) atoms. The molecule has 0 saturated heterocycles. The van der Waals surface area contributed by atoms with Crippen molar-refractivity contribution in [3.63, 3.8) is 0 Å². The average Bonchev–Trinajstić information content (AvgIpc) is 2.21. The van der Waals surface area contributed by atoms with Gasteiger partial charge in [-0.05, 0) is 23.5 Å². The van der Waals surface area contributed by atoms with E-state index in [1.807, 2.05) is 6.07 Å². The highest BCUT2D eigenvalue weighted by molar-refractivity contribution is 5.77. The van der Waals surface area contributed by atoms with Gasteiger partial charge in [-0.25, -0.2) is 0 Å². The Labute approximate surface area is 107 Å². The minimum absolute atomic E-state index is 0.00879. The average molecular weight is 251 g/mol. The maximum absolute atomic E-state index is 11.1. The van der Waals surface area contributed by atoms with E-state index in [-0.39, 0.29) is 17.7 Å². The summed E-state index contributed by atoms with van der Waals surface area (Å²) < 4.78 is 0. The first-order chi connectivity index (χ1) is 8.24. The Bertz CT molecular complexity index is 435. The molecular weight excluding hydrogens is 230 g/mol. The topological polar surface area (TPSA) is 83.5 Å². The number of benzene rings is 1. The number of carboxylic acid groups (broad SMARTS) is 1. The molecule has 1 aromatic carbocycles. The summed E-state index contributed by atoms with van der Waals surface area (Å²) in [7, 11) is 0. The van der Waals surface area contributed by atoms with Crippen molar-refractivity contribution in [2.75, 3.05) is 6.54 Å². The molecule has 4 N–H and O–H groups in total. The SMILES string of the molecule is CC(C)(C)Cc1ccc(O)c(C(CN)C(=O)O)c1. The molecule has 4 heteroatoms. The predicted octanol–water partition coefficient (Wildman–Crippen LogP) is 2.11. The van der Waals surface area contributed by atoms with E-state index >= 15 is 0 Å². The van der Waals surface area contributed by atoms with Gasteiger partial charge in [-0.3, -0.25) is 4.79 Å². The molecule has 4 nitrogen and oxygen atoms in total. The summed E-state index contributed by atoms with van der Waals surface area (Å²) >= 11 is 0. The van der Waals surface area contributed by atoms with Gasteiger partial charge in [-0.15, -0.1) is 0 Å². The lowest BCUT2D eigenvalue weighted by atomic mass is 9.86. The van der Waals surface area contributed by atoms with Crippen LogP contribution in [0.2, 0.25) is 0 Å². The fourth-order valence-corrected chi connectivity index (χ4v) is 1.97. The third kappa shape index (κ3) is 3.74. The molecule has 0 bridgehead atoms. The van der Waals surface area contributed by atoms with Gasteiger partial charge in [0.1, 0.15) is 5.75 Å². The number of aliphatic carboxylic acids is 1. The lowest BCUT2D eigenvalue weighted by Crippen LogP contribution is -2.21. The molecule has 0 amide bonds. The Balaban J connectivity index is 3.12. The standard InChI is InChI=1S/C14H21NO3/c1-14(2,3)7-9-4-5-12(16)10(6-9)11(8-15)13(17)18/h4-6,11,16H,7-8,15H2,1-3H3,(H,17,18). The zero-order chi connectivity index (χ0) is 13.9. The van der Waals surface area contributed by atoms with Gasteiger partial charge in [-0.2, -0.15) is 0 Å². The Kier molecular flexibility index (Phi) is 4.35. The second-order valence-electron chi connectivity index (χ2n) is 5.76. The van der Waals surface area contributed by atoms with E-state index in [0.717, 1.165) is 12.0 Å². The largest absolute Gasteiger partial charge is 0.508 e. The van der Waals surface area contributed by atoms with Crippen LogP contribution in [-0.2, 0) is 11.2 Å². The number of carbonyl (C=O) groups is 1. The van der Waals surface area contributed by atoms with Crippen LogP contribution >= 0.6 is 0 Å². The lowest BCUT2D eigenvalue weighted by molar-refractivity contribution is -0.138. The van der Waals surface area contributed by atoms with Gasteiger partial charge >= 0.3 is 5.97 Å². The number of rotatable bonds is 4. The molecule has 100 valence electrons. The van der Waals surface area contributed by atoms with Crippen LogP contribution < -0.4 is 5.73 Å². The van der Waals surface area contributed by atoms with E-state index in [4.69, 9.17) is 10.8 Å². The Morgan fingerprint density at radius 2 is 2.00 bits per heavy atom. The molecule has 0 aliphatic heterocycles. The molecule has 1 unspecified atom stereocenters. The molecule has 1 rings (SSSR count). The summed E-state index contributed by atoms with van der Waals surface area (Å²) in [5.41, 5.74) is 6.97. The number of carboxylic acids is 1. The first-order valence-corrected chi connectivity index (χ1v) is 5.99. The third-order valence-electron chi connectivity index (χ3n) is 2.74. The Morgan fingerprint density at radius 1 is 1.39 bits per heavy atom. The zero-order valence-corrected chi connectivity index (χ0v) is 11.1. The van der Waals surface area contributed by atoms with Crippen molar-refractivity contribution in [1.82, 2.24) is 0 Å². The van der Waals surface area contributed by atoms with Crippen molar-refractivity contribution in [3.05, 3.63) is 29.3 Å². The maximum Gasteiger partial charge on any atom is 0.312 e. The minimum atomic E-state index is -1.01. The quantitative estimate of drug-likeness (QED) is 0.765. The maximum atomic E-state index is 11.1. The minimum Gasteiger partial charge on any atom is -0.508 e. The highest BCUT2D eigenvalue weighted by Crippen LogP contribution is 2.29. The summed E-state index contributed by atoms with van der Waals surface area (Å²) in [5, 5.41) is 18.8. The summed E-state index contributed by atoms with van der Waals surface area (Å²) in [6.45, 7) is 6.30. The van der Waals surface area contributed by atoms with Crippen LogP contribution in [-0.4, -0.2) is 22.7 Å². The zero-order valence-electron chi connectivity index (χ0n) is 11.1. The van der Waals surface area contributed by atoms with Crippen molar-refractivity contribution in [3.8, 4) is 5.75 Å². The van der Waals surface area contributed by atoms with Gasteiger partial charge in [0, 0.05) is 12.1 Å². The van der Waals surface area contributed by atoms with E-state index in [1.165, 1.54) is 0 Å². The first kappa shape index (κ1) is 14.5. The number of nitrogens with two attached hydrogens (primary N) is 1. The van der Waals surface area contributed by atoms with Crippen molar-refractivity contribution >= 4 is 5.97 Å². The molecule has 0 aromatic heterocycles. The van der Waals surface area contributed by atoms with Crippen LogP contribution in [0.4, 0.5) is 0 Å². The van der Waals surface area contributed by atoms with Crippen LogP contribution in [0.3, 0.4) is 0 Å². The summed E-state index contributed by atoms with van der Waals surface area (Å²) in [4.78, 5) is 11.1. The number of phenolic OH excluding ortho intramolecular Hbond substituents is 1. The second-order valence-corrected chi connectivity index (χ2v) is 5.76. The lowest BCUT2D eigenvalue weighted by Gasteiger charge is -2.20. The van der Waals surface area contributed by atoms with Gasteiger partial charge in [0.05, 0.1) is 5.92 Å². The molecule has 0 saturated carbocycles.